The number of anilines is 2. The number of nitrogens with zero attached hydrogens (tertiary/aromatic N) is 1. The molecule has 31 heavy (non-hydrogen) atoms. The maximum Gasteiger partial charge on any atom is 0.265 e. The summed E-state index contributed by atoms with van der Waals surface area (Å²) in [6.45, 7) is 1.82. The molecular weight excluding hydrogens is 432 g/mol. The second-order valence-corrected chi connectivity index (χ2v) is 9.79. The molecule has 1 heterocycles. The molecule has 0 atom stereocenters. The average molecular weight is 455 g/mol. The topological polar surface area (TPSA) is 66.5 Å². The third-order valence-electron chi connectivity index (χ3n) is 5.32. The lowest BCUT2D eigenvalue weighted by molar-refractivity contribution is -0.114. The molecule has 0 saturated heterocycles. The fourth-order valence-corrected chi connectivity index (χ4v) is 5.56. The van der Waals surface area contributed by atoms with Crippen LogP contribution in [0.4, 0.5) is 11.4 Å². The maximum atomic E-state index is 13.3. The van der Waals surface area contributed by atoms with Crippen LogP contribution in [0.3, 0.4) is 0 Å². The van der Waals surface area contributed by atoms with Gasteiger partial charge in [-0.2, -0.15) is 0 Å². The highest BCUT2D eigenvalue weighted by atomic mass is 35.5. The first-order valence-electron chi connectivity index (χ1n) is 10.2. The minimum atomic E-state index is -3.88. The number of amides is 1. The molecule has 7 heteroatoms. The van der Waals surface area contributed by atoms with E-state index in [1.807, 2.05) is 24.3 Å². The Bertz CT molecular complexity index is 1220. The van der Waals surface area contributed by atoms with E-state index < -0.39 is 15.9 Å². The molecule has 1 aliphatic rings. The molecule has 0 fully saturated rings. The van der Waals surface area contributed by atoms with Crippen molar-refractivity contribution in [3.05, 3.63) is 77.3 Å². The molecule has 1 amide bonds. The molecule has 160 valence electrons. The minimum absolute atomic E-state index is 0.165. The van der Waals surface area contributed by atoms with Gasteiger partial charge in [-0.3, -0.25) is 9.10 Å². The quantitative estimate of drug-likeness (QED) is 0.535. The van der Waals surface area contributed by atoms with Gasteiger partial charge in [0.2, 0.25) is 5.91 Å². The van der Waals surface area contributed by atoms with E-state index in [9.17, 15) is 13.2 Å². The van der Waals surface area contributed by atoms with E-state index in [1.165, 1.54) is 5.56 Å². The Hall–Kier alpha value is -2.83. The Morgan fingerprint density at radius 1 is 1.00 bits per heavy atom. The molecule has 0 saturated carbocycles. The van der Waals surface area contributed by atoms with Crippen LogP contribution >= 0.6 is 11.6 Å². The molecule has 0 radical (unpaired) electrons. The molecule has 3 aromatic carbocycles. The van der Waals surface area contributed by atoms with Gasteiger partial charge in [0.05, 0.1) is 10.6 Å². The Morgan fingerprint density at radius 2 is 1.74 bits per heavy atom. The van der Waals surface area contributed by atoms with E-state index in [0.717, 1.165) is 23.6 Å². The predicted molar refractivity (Wildman–Crippen MR) is 125 cm³/mol. The third-order valence-corrected chi connectivity index (χ3v) is 7.37. The van der Waals surface area contributed by atoms with Crippen molar-refractivity contribution in [2.45, 2.75) is 31.1 Å². The van der Waals surface area contributed by atoms with Crippen molar-refractivity contribution in [3.8, 4) is 11.1 Å². The number of fused-ring (bicyclic) bond motifs is 3. The Labute approximate surface area is 187 Å². The molecule has 1 aliphatic heterocycles. The van der Waals surface area contributed by atoms with Crippen molar-refractivity contribution < 1.29 is 13.2 Å². The number of nitrogens with one attached hydrogen (secondary N) is 1. The summed E-state index contributed by atoms with van der Waals surface area (Å²) in [4.78, 5) is 12.9. The van der Waals surface area contributed by atoms with Crippen molar-refractivity contribution in [2.24, 2.45) is 0 Å². The summed E-state index contributed by atoms with van der Waals surface area (Å²) < 4.78 is 27.7. The number of hydrogen-bond acceptors (Lipinski definition) is 3. The maximum absolute atomic E-state index is 13.3. The Kier molecular flexibility index (Phi) is 6.03. The number of aryl methyl sites for hydroxylation is 1. The van der Waals surface area contributed by atoms with Gasteiger partial charge in [-0.15, -0.1) is 0 Å². The highest BCUT2D eigenvalue weighted by Crippen LogP contribution is 2.43. The molecular formula is C24H23ClN2O3S. The second-order valence-electron chi connectivity index (χ2n) is 7.52. The van der Waals surface area contributed by atoms with Crippen molar-refractivity contribution in [1.29, 1.82) is 0 Å². The van der Waals surface area contributed by atoms with E-state index in [2.05, 4.69) is 12.2 Å². The molecule has 1 N–H and O–H groups in total. The van der Waals surface area contributed by atoms with Crippen LogP contribution in [0.1, 0.15) is 25.3 Å². The zero-order valence-corrected chi connectivity index (χ0v) is 18.7. The summed E-state index contributed by atoms with van der Waals surface area (Å²) in [7, 11) is -3.88. The van der Waals surface area contributed by atoms with Gasteiger partial charge in [-0.1, -0.05) is 55.3 Å². The van der Waals surface area contributed by atoms with Gasteiger partial charge in [-0.25, -0.2) is 8.42 Å². The largest absolute Gasteiger partial charge is 0.325 e. The summed E-state index contributed by atoms with van der Waals surface area (Å²) in [5.41, 5.74) is 3.55. The summed E-state index contributed by atoms with van der Waals surface area (Å²) in [6, 6.07) is 19.4. The van der Waals surface area contributed by atoms with Crippen molar-refractivity contribution in [2.75, 3.05) is 16.2 Å². The Balaban J connectivity index is 1.60. The lowest BCUT2D eigenvalue weighted by Gasteiger charge is -2.31. The third kappa shape index (κ3) is 4.31. The van der Waals surface area contributed by atoms with Gasteiger partial charge in [0.1, 0.15) is 6.54 Å². The van der Waals surface area contributed by atoms with Gasteiger partial charge in [-0.05, 0) is 54.8 Å². The molecule has 0 aliphatic carbocycles. The van der Waals surface area contributed by atoms with Crippen molar-refractivity contribution in [1.82, 2.24) is 0 Å². The number of carbonyl (C=O) groups excluding carboxylic acids is 1. The minimum Gasteiger partial charge on any atom is -0.325 e. The van der Waals surface area contributed by atoms with Crippen LogP contribution in [0.25, 0.3) is 11.1 Å². The van der Waals surface area contributed by atoms with E-state index in [-0.39, 0.29) is 11.4 Å². The molecule has 0 bridgehead atoms. The van der Waals surface area contributed by atoms with Gasteiger partial charge < -0.3 is 5.32 Å². The second kappa shape index (κ2) is 8.73. The summed E-state index contributed by atoms with van der Waals surface area (Å²) >= 11 is 6.17. The first-order valence-corrected chi connectivity index (χ1v) is 12.0. The van der Waals surface area contributed by atoms with Gasteiger partial charge in [0.15, 0.2) is 0 Å². The molecule has 0 spiro atoms. The number of carbonyl (C=O) groups is 1. The molecule has 0 aromatic heterocycles. The van der Waals surface area contributed by atoms with Crippen LogP contribution < -0.4 is 9.62 Å². The highest BCUT2D eigenvalue weighted by Gasteiger charge is 2.35. The summed E-state index contributed by atoms with van der Waals surface area (Å²) in [5, 5.41) is 3.31. The lowest BCUT2D eigenvalue weighted by Crippen LogP contribution is -2.40. The normalized spacial score (nSPS) is 13.9. The number of unbranched alkanes of at least 4 members (excludes halogenated alkanes) is 1. The highest BCUT2D eigenvalue weighted by molar-refractivity contribution is 7.93. The zero-order valence-electron chi connectivity index (χ0n) is 17.1. The predicted octanol–water partition coefficient (Wildman–Crippen LogP) is 5.50. The Morgan fingerprint density at radius 3 is 2.48 bits per heavy atom. The van der Waals surface area contributed by atoms with E-state index in [4.69, 9.17) is 11.6 Å². The molecule has 4 rings (SSSR count). The fourth-order valence-electron chi connectivity index (χ4n) is 3.74. The van der Waals surface area contributed by atoms with Gasteiger partial charge >= 0.3 is 0 Å². The molecule has 5 nitrogen and oxygen atoms in total. The standard InChI is InChI=1S/C24H23ClN2O3S/c1-2-3-6-17-9-12-19(13-10-17)26-24(28)16-27-22-14-11-18(25)15-21(22)20-7-4-5-8-23(20)31(27,29)30/h4-5,7-15H,2-3,6,16H2,1H3,(H,26,28). The van der Waals surface area contributed by atoms with E-state index in [0.29, 0.717) is 27.5 Å². The fraction of sp³-hybridized carbons (Fsp3) is 0.208. The van der Waals surface area contributed by atoms with E-state index >= 15 is 0 Å². The lowest BCUT2D eigenvalue weighted by atomic mass is 10.0. The average Bonchev–Trinajstić information content (AvgIpc) is 2.76. The summed E-state index contributed by atoms with van der Waals surface area (Å²) in [6.07, 6.45) is 3.23. The van der Waals surface area contributed by atoms with Crippen LogP contribution in [0.2, 0.25) is 5.02 Å². The number of hydrogen-bond donors (Lipinski definition) is 1. The number of halogens is 1. The smallest absolute Gasteiger partial charge is 0.265 e. The van der Waals surface area contributed by atoms with Crippen molar-refractivity contribution >= 4 is 38.9 Å². The number of benzene rings is 3. The molecule has 0 unspecified atom stereocenters. The van der Waals surface area contributed by atoms with Crippen LogP contribution in [0, 0.1) is 0 Å². The number of sulfonamides is 1. The first kappa shape index (κ1) is 21.4. The van der Waals surface area contributed by atoms with Gasteiger partial charge in [0.25, 0.3) is 10.0 Å². The summed E-state index contributed by atoms with van der Waals surface area (Å²) in [5.74, 6) is -0.412. The van der Waals surface area contributed by atoms with Gasteiger partial charge in [0, 0.05) is 21.8 Å². The van der Waals surface area contributed by atoms with Crippen LogP contribution in [0.15, 0.2) is 71.6 Å². The first-order chi connectivity index (χ1) is 14.9. The monoisotopic (exact) mass is 454 g/mol. The van der Waals surface area contributed by atoms with Crippen molar-refractivity contribution in [3.63, 3.8) is 0 Å². The van der Waals surface area contributed by atoms with E-state index in [1.54, 1.807) is 42.5 Å². The zero-order chi connectivity index (χ0) is 22.0. The molecule has 3 aromatic rings. The van der Waals surface area contributed by atoms with Crippen LogP contribution in [-0.2, 0) is 21.2 Å². The number of rotatable bonds is 6. The SMILES string of the molecule is CCCCc1ccc(NC(=O)CN2c3ccc(Cl)cc3-c3ccccc3S2(=O)=O)cc1. The van der Waals surface area contributed by atoms with Crippen LogP contribution in [0.5, 0.6) is 0 Å². The van der Waals surface area contributed by atoms with Crippen LogP contribution in [-0.4, -0.2) is 20.9 Å².